The number of aliphatic hydroxyl groups excluding tert-OH is 14. The van der Waals surface area contributed by atoms with Crippen LogP contribution in [0.4, 0.5) is 0 Å². The van der Waals surface area contributed by atoms with Crippen molar-refractivity contribution in [3.05, 3.63) is 11.1 Å². The van der Waals surface area contributed by atoms with E-state index in [1.807, 2.05) is 13.8 Å². The number of rotatable bonds is 13. The van der Waals surface area contributed by atoms with Crippen LogP contribution in [0.2, 0.25) is 0 Å². The van der Waals surface area contributed by atoms with Gasteiger partial charge < -0.3 is 128 Å². The molecule has 9 fully saturated rings. The van der Waals surface area contributed by atoms with E-state index in [4.69, 9.17) is 56.8 Å². The molecule has 7 aliphatic heterocycles. The van der Waals surface area contributed by atoms with Gasteiger partial charge in [-0.05, 0) is 81.0 Å². The highest BCUT2D eigenvalue weighted by Crippen LogP contribution is 2.76. The number of hydrogen-bond donors (Lipinski definition) is 14. The summed E-state index contributed by atoms with van der Waals surface area (Å²) in [4.78, 5) is 12.8. The fourth-order valence-corrected chi connectivity index (χ4v) is 17.6. The van der Waals surface area contributed by atoms with E-state index in [2.05, 4.69) is 27.7 Å². The molecule has 2 saturated carbocycles. The molecule has 4 aliphatic carbocycles. The Balaban J connectivity index is 0.797. The Morgan fingerprint density at radius 1 is 0.553 bits per heavy atom. The summed E-state index contributed by atoms with van der Waals surface area (Å²) in [7, 11) is 0. The van der Waals surface area contributed by atoms with Crippen molar-refractivity contribution in [2.24, 2.45) is 39.4 Å². The lowest BCUT2D eigenvalue weighted by molar-refractivity contribution is -0.404. The van der Waals surface area contributed by atoms with E-state index in [0.29, 0.717) is 25.7 Å². The highest BCUT2D eigenvalue weighted by Gasteiger charge is 2.75. The molecule has 33 unspecified atom stereocenters. The molecule has 27 nitrogen and oxygen atoms in total. The van der Waals surface area contributed by atoms with Gasteiger partial charge in [0, 0.05) is 23.7 Å². The van der Waals surface area contributed by atoms with Crippen LogP contribution in [0.1, 0.15) is 113 Å². The largest absolute Gasteiger partial charge is 0.433 e. The molecule has 0 aromatic heterocycles. The highest BCUT2D eigenvalue weighted by molar-refractivity contribution is 5.74. The van der Waals surface area contributed by atoms with Crippen molar-refractivity contribution >= 4 is 5.97 Å². The molecule has 14 N–H and O–H groups in total. The molecule has 0 aromatic carbocycles. The predicted molar refractivity (Wildman–Crippen MR) is 283 cm³/mol. The second kappa shape index (κ2) is 23.7. The van der Waals surface area contributed by atoms with Crippen molar-refractivity contribution in [2.45, 2.75) is 271 Å². The topological polar surface area (TPSA) is 411 Å². The third-order valence-electron chi connectivity index (χ3n) is 22.8. The van der Waals surface area contributed by atoms with Gasteiger partial charge in [0.25, 0.3) is 0 Å². The molecule has 0 amide bonds. The van der Waals surface area contributed by atoms with E-state index in [1.165, 1.54) is 18.1 Å². The van der Waals surface area contributed by atoms with Crippen LogP contribution in [0.3, 0.4) is 0 Å². The molecule has 27 heteroatoms. The fourth-order valence-electron chi connectivity index (χ4n) is 17.6. The van der Waals surface area contributed by atoms with Crippen LogP contribution in [-0.2, 0) is 61.6 Å². The second-order valence-corrected chi connectivity index (χ2v) is 27.5. The minimum atomic E-state index is -1.97. The molecule has 0 bridgehead atoms. The first-order valence-corrected chi connectivity index (χ1v) is 30.5. The van der Waals surface area contributed by atoms with E-state index in [9.17, 15) is 76.3 Å². The Morgan fingerprint density at radius 2 is 1.18 bits per heavy atom. The summed E-state index contributed by atoms with van der Waals surface area (Å²) in [6.07, 6.45) is -33.5. The molecular formula is C58H92O27. The summed E-state index contributed by atoms with van der Waals surface area (Å²) in [6, 6.07) is 0. The van der Waals surface area contributed by atoms with Gasteiger partial charge in [-0.2, -0.15) is 0 Å². The van der Waals surface area contributed by atoms with Gasteiger partial charge in [0.1, 0.15) is 104 Å². The summed E-state index contributed by atoms with van der Waals surface area (Å²) in [5.74, 6) is -1.24. The molecule has 7 saturated heterocycles. The van der Waals surface area contributed by atoms with Crippen molar-refractivity contribution in [2.75, 3.05) is 33.0 Å². The van der Waals surface area contributed by atoms with Crippen LogP contribution >= 0.6 is 0 Å². The molecule has 0 radical (unpaired) electrons. The Bertz CT molecular complexity index is 2430. The Morgan fingerprint density at radius 3 is 1.85 bits per heavy atom. The minimum Gasteiger partial charge on any atom is -0.433 e. The van der Waals surface area contributed by atoms with Crippen LogP contribution in [0.25, 0.3) is 0 Å². The van der Waals surface area contributed by atoms with Crippen LogP contribution < -0.4 is 0 Å². The molecule has 11 rings (SSSR count). The second-order valence-electron chi connectivity index (χ2n) is 27.5. The van der Waals surface area contributed by atoms with Crippen molar-refractivity contribution in [1.29, 1.82) is 0 Å². The monoisotopic (exact) mass is 1220 g/mol. The lowest BCUT2D eigenvalue weighted by Gasteiger charge is -2.63. The first-order chi connectivity index (χ1) is 40.0. The van der Waals surface area contributed by atoms with Crippen molar-refractivity contribution in [3.63, 3.8) is 0 Å². The number of aliphatic hydroxyl groups is 14. The summed E-state index contributed by atoms with van der Waals surface area (Å²) in [5.41, 5.74) is 0.742. The zero-order valence-corrected chi connectivity index (χ0v) is 49.3. The lowest BCUT2D eigenvalue weighted by Crippen LogP contribution is -2.67. The number of esters is 1. The number of allylic oxidation sites excluding steroid dienone is 2. The number of ether oxygens (including phenoxy) is 12. The van der Waals surface area contributed by atoms with Gasteiger partial charge in [0.05, 0.1) is 56.8 Å². The van der Waals surface area contributed by atoms with Gasteiger partial charge >= 0.3 is 5.97 Å². The predicted octanol–water partition coefficient (Wildman–Crippen LogP) is -3.05. The molecule has 486 valence electrons. The van der Waals surface area contributed by atoms with Gasteiger partial charge in [-0.1, -0.05) is 52.7 Å². The summed E-state index contributed by atoms with van der Waals surface area (Å²) >= 11 is 0. The first-order valence-electron chi connectivity index (χ1n) is 30.5. The number of carbonyl (C=O) groups is 1. The van der Waals surface area contributed by atoms with E-state index < -0.39 is 191 Å². The first kappa shape index (κ1) is 64.7. The quantitative estimate of drug-likeness (QED) is 0.0644. The van der Waals surface area contributed by atoms with E-state index in [0.717, 1.165) is 38.5 Å². The van der Waals surface area contributed by atoms with Crippen LogP contribution in [0.5, 0.6) is 0 Å². The highest BCUT2D eigenvalue weighted by atomic mass is 16.8. The summed E-state index contributed by atoms with van der Waals surface area (Å²) in [5, 5.41) is 154. The molecule has 2 spiro atoms. The third kappa shape index (κ3) is 10.4. The summed E-state index contributed by atoms with van der Waals surface area (Å²) in [6.45, 7) is 11.6. The van der Waals surface area contributed by atoms with Gasteiger partial charge in [0.15, 0.2) is 31.5 Å². The lowest BCUT2D eigenvalue weighted by atomic mass is 9.42. The third-order valence-corrected chi connectivity index (χ3v) is 22.8. The SMILES string of the molecule is CC1CC2(CC(C)C3(CCC4(C)C5=C(CCC43C)C3(C)CCC(OC4OC(COC6OCC(O)C(O)C6OC6OC(CO)C(O)C(OC7OCC(O)C(O)C7O)C6OC6OC(C)C(O)C(O)C6O)C(O)C(O)C4O)C(C)(CO)C3CC5)O2)OC1=O. The standard InChI is InChI=1S/C58H92O27/c1-23-16-57(84-47(23)73)17-24(2)58(85-57)15-14-55(6)27-8-9-32-53(4,26(27)10-13-56(55,58)7)12-11-33(54(32,5)22-60)80-50-43(72)40(69)37(66)31(79-50)21-76-51-45(36(65)29(62)20-75-51)82-52-46(83-49-42(71)39(68)34(63)25(3)77-49)44(38(67)30(18-59)78-52)81-48-41(70)35(64)28(61)19-74-48/h23-25,28-46,48-52,59-72H,8-22H2,1-7H3. The Labute approximate surface area is 492 Å². The molecule has 33 atom stereocenters. The van der Waals surface area contributed by atoms with Crippen molar-refractivity contribution < 1.29 is 133 Å². The Hall–Kier alpha value is -1.79. The van der Waals surface area contributed by atoms with E-state index in [1.54, 1.807) is 0 Å². The fraction of sp³-hybridized carbons (Fsp3) is 0.948. The smallest absolute Gasteiger partial charge is 0.311 e. The van der Waals surface area contributed by atoms with E-state index >= 15 is 0 Å². The number of fused-ring (bicyclic) bond motifs is 5. The molecule has 85 heavy (non-hydrogen) atoms. The average molecular weight is 1220 g/mol. The normalized spacial score (nSPS) is 56.3. The van der Waals surface area contributed by atoms with Crippen molar-refractivity contribution in [3.8, 4) is 0 Å². The number of carbonyl (C=O) groups excluding carboxylic acids is 1. The molecular weight excluding hydrogens is 1130 g/mol. The molecule has 0 aromatic rings. The van der Waals surface area contributed by atoms with Gasteiger partial charge in [-0.15, -0.1) is 0 Å². The molecule has 7 heterocycles. The van der Waals surface area contributed by atoms with Gasteiger partial charge in [-0.25, -0.2) is 0 Å². The van der Waals surface area contributed by atoms with Crippen LogP contribution in [0.15, 0.2) is 11.1 Å². The zero-order chi connectivity index (χ0) is 61.4. The zero-order valence-electron chi connectivity index (χ0n) is 49.3. The van der Waals surface area contributed by atoms with Crippen LogP contribution in [0, 0.1) is 39.4 Å². The van der Waals surface area contributed by atoms with Gasteiger partial charge in [-0.3, -0.25) is 4.79 Å². The number of hydrogen-bond acceptors (Lipinski definition) is 27. The maximum atomic E-state index is 12.8. The average Bonchev–Trinajstić information content (AvgIpc) is 1.59. The Kier molecular flexibility index (Phi) is 18.1. The minimum absolute atomic E-state index is 0.0824. The van der Waals surface area contributed by atoms with E-state index in [-0.39, 0.29) is 46.6 Å². The molecule has 11 aliphatic rings. The van der Waals surface area contributed by atoms with Gasteiger partial charge in [0.2, 0.25) is 5.79 Å². The van der Waals surface area contributed by atoms with Crippen molar-refractivity contribution in [1.82, 2.24) is 0 Å². The maximum absolute atomic E-state index is 12.8. The van der Waals surface area contributed by atoms with Crippen LogP contribution in [-0.4, -0.2) is 269 Å². The summed E-state index contributed by atoms with van der Waals surface area (Å²) < 4.78 is 73.5. The maximum Gasteiger partial charge on any atom is 0.311 e.